The summed E-state index contributed by atoms with van der Waals surface area (Å²) in [6.07, 6.45) is 6.23. The molecule has 6 nitrogen and oxygen atoms in total. The van der Waals surface area contributed by atoms with Gasteiger partial charge in [-0.3, -0.25) is 9.59 Å². The lowest BCUT2D eigenvalue weighted by Gasteiger charge is -2.31. The molecule has 2 amide bonds. The maximum atomic E-state index is 13.5. The van der Waals surface area contributed by atoms with Gasteiger partial charge in [0.2, 0.25) is 11.8 Å². The van der Waals surface area contributed by atoms with Gasteiger partial charge in [0, 0.05) is 23.9 Å². The Morgan fingerprint density at radius 1 is 1.00 bits per heavy atom. The van der Waals surface area contributed by atoms with Gasteiger partial charge in [-0.25, -0.2) is 0 Å². The molecule has 1 aromatic heterocycles. The first-order valence-electron chi connectivity index (χ1n) is 12.7. The van der Waals surface area contributed by atoms with E-state index in [1.54, 1.807) is 30.5 Å². The van der Waals surface area contributed by atoms with Gasteiger partial charge in [-0.2, -0.15) is 0 Å². The number of carbonyl (C=O) groups excluding carboxylic acids is 2. The van der Waals surface area contributed by atoms with E-state index in [4.69, 9.17) is 9.47 Å². The van der Waals surface area contributed by atoms with Gasteiger partial charge < -0.3 is 19.3 Å². The summed E-state index contributed by atoms with van der Waals surface area (Å²) in [6, 6.07) is 9.93. The number of benzene rings is 1. The summed E-state index contributed by atoms with van der Waals surface area (Å²) in [5.74, 6) is 1.43. The molecule has 0 aliphatic carbocycles. The Morgan fingerprint density at radius 3 is 2.40 bits per heavy atom. The molecule has 35 heavy (non-hydrogen) atoms. The Bertz CT molecular complexity index is 900. The molecule has 0 radical (unpaired) electrons. The van der Waals surface area contributed by atoms with E-state index < -0.39 is 0 Å². The van der Waals surface area contributed by atoms with E-state index in [9.17, 15) is 9.59 Å². The van der Waals surface area contributed by atoms with Crippen LogP contribution in [-0.4, -0.2) is 55.0 Å². The fraction of sp³-hybridized carbons (Fsp3) is 0.571. The van der Waals surface area contributed by atoms with Crippen LogP contribution in [0.4, 0.5) is 0 Å². The van der Waals surface area contributed by atoms with Crippen LogP contribution in [0.3, 0.4) is 0 Å². The Hall–Kier alpha value is -2.54. The molecule has 1 unspecified atom stereocenters. The van der Waals surface area contributed by atoms with Crippen molar-refractivity contribution in [3.8, 4) is 11.5 Å². The molecule has 0 N–H and O–H groups in total. The molecule has 0 aliphatic rings. The van der Waals surface area contributed by atoms with Gasteiger partial charge in [0.1, 0.15) is 0 Å². The van der Waals surface area contributed by atoms with Crippen LogP contribution < -0.4 is 9.47 Å². The van der Waals surface area contributed by atoms with Gasteiger partial charge in [-0.15, -0.1) is 11.3 Å². The standard InChI is InChI=1S/C28H42N2O4S/c1-6-8-9-10-13-27(31)30(22(3)7-2)21-28(32)29(20-24-12-11-18-35-24)17-16-23-14-15-25(33-4)26(19-23)34-5/h11-12,14-15,18-19,22H,6-10,13,16-17,20-21H2,1-5H3. The molecule has 194 valence electrons. The van der Waals surface area contributed by atoms with Crippen molar-refractivity contribution in [2.24, 2.45) is 0 Å². The second-order valence-electron chi connectivity index (χ2n) is 8.92. The molecule has 0 saturated heterocycles. The zero-order chi connectivity index (χ0) is 25.6. The molecule has 0 spiro atoms. The second-order valence-corrected chi connectivity index (χ2v) is 9.96. The van der Waals surface area contributed by atoms with E-state index in [-0.39, 0.29) is 24.4 Å². The largest absolute Gasteiger partial charge is 0.493 e. The highest BCUT2D eigenvalue weighted by molar-refractivity contribution is 7.09. The molecular weight excluding hydrogens is 460 g/mol. The van der Waals surface area contributed by atoms with Crippen LogP contribution in [0.5, 0.6) is 11.5 Å². The highest BCUT2D eigenvalue weighted by atomic mass is 32.1. The third kappa shape index (κ3) is 9.21. The predicted octanol–water partition coefficient (Wildman–Crippen LogP) is 5.93. The molecule has 0 aliphatic heterocycles. The number of methoxy groups -OCH3 is 2. The maximum Gasteiger partial charge on any atom is 0.242 e. The van der Waals surface area contributed by atoms with Crippen LogP contribution in [0, 0.1) is 0 Å². The van der Waals surface area contributed by atoms with Crippen molar-refractivity contribution in [1.29, 1.82) is 0 Å². The first kappa shape index (κ1) is 28.7. The minimum Gasteiger partial charge on any atom is -0.493 e. The van der Waals surface area contributed by atoms with Crippen molar-refractivity contribution < 1.29 is 19.1 Å². The lowest BCUT2D eigenvalue weighted by molar-refractivity contribution is -0.142. The number of amides is 2. The highest BCUT2D eigenvalue weighted by Gasteiger charge is 2.24. The van der Waals surface area contributed by atoms with Crippen molar-refractivity contribution >= 4 is 23.2 Å². The predicted molar refractivity (Wildman–Crippen MR) is 143 cm³/mol. The number of thiophene rings is 1. The summed E-state index contributed by atoms with van der Waals surface area (Å²) < 4.78 is 10.8. The van der Waals surface area contributed by atoms with E-state index in [1.807, 2.05) is 47.5 Å². The lowest BCUT2D eigenvalue weighted by Crippen LogP contribution is -2.46. The number of unbranched alkanes of at least 4 members (excludes halogenated alkanes) is 3. The maximum absolute atomic E-state index is 13.5. The smallest absolute Gasteiger partial charge is 0.242 e. The highest BCUT2D eigenvalue weighted by Crippen LogP contribution is 2.28. The van der Waals surface area contributed by atoms with Gasteiger partial charge in [0.15, 0.2) is 11.5 Å². The third-order valence-corrected chi connectivity index (χ3v) is 7.25. The molecule has 2 aromatic rings. The van der Waals surface area contributed by atoms with Crippen molar-refractivity contribution in [2.75, 3.05) is 27.3 Å². The Balaban J connectivity index is 2.12. The number of rotatable bonds is 16. The van der Waals surface area contributed by atoms with E-state index in [0.717, 1.165) is 42.5 Å². The number of hydrogen-bond donors (Lipinski definition) is 0. The van der Waals surface area contributed by atoms with Gasteiger partial charge in [0.05, 0.1) is 27.3 Å². The summed E-state index contributed by atoms with van der Waals surface area (Å²) in [4.78, 5) is 31.3. The Labute approximate surface area is 215 Å². The van der Waals surface area contributed by atoms with Gasteiger partial charge in [-0.05, 0) is 55.3 Å². The van der Waals surface area contributed by atoms with E-state index in [2.05, 4.69) is 13.8 Å². The van der Waals surface area contributed by atoms with Crippen molar-refractivity contribution in [3.63, 3.8) is 0 Å². The van der Waals surface area contributed by atoms with E-state index in [0.29, 0.717) is 37.4 Å². The minimum absolute atomic E-state index is 0.0129. The molecular formula is C28H42N2O4S. The third-order valence-electron chi connectivity index (χ3n) is 6.39. The summed E-state index contributed by atoms with van der Waals surface area (Å²) in [5.41, 5.74) is 1.07. The summed E-state index contributed by atoms with van der Waals surface area (Å²) in [5, 5.41) is 2.03. The SMILES string of the molecule is CCCCCCC(=O)N(CC(=O)N(CCc1ccc(OC)c(OC)c1)Cc1cccs1)C(C)CC. The monoisotopic (exact) mass is 502 g/mol. The van der Waals surface area contributed by atoms with Crippen LogP contribution in [0.2, 0.25) is 0 Å². The van der Waals surface area contributed by atoms with E-state index in [1.165, 1.54) is 0 Å². The van der Waals surface area contributed by atoms with Crippen molar-refractivity contribution in [3.05, 3.63) is 46.2 Å². The molecule has 1 atom stereocenters. The zero-order valence-corrected chi connectivity index (χ0v) is 22.9. The molecule has 1 aromatic carbocycles. The number of nitrogens with zero attached hydrogens (tertiary/aromatic N) is 2. The van der Waals surface area contributed by atoms with Crippen LogP contribution in [0.15, 0.2) is 35.7 Å². The first-order valence-corrected chi connectivity index (χ1v) is 13.6. The topological polar surface area (TPSA) is 59.1 Å². The van der Waals surface area contributed by atoms with Gasteiger partial charge in [0.25, 0.3) is 0 Å². The minimum atomic E-state index is -0.0129. The van der Waals surface area contributed by atoms with E-state index >= 15 is 0 Å². The molecule has 7 heteroatoms. The molecule has 1 heterocycles. The average molecular weight is 503 g/mol. The van der Waals surface area contributed by atoms with Crippen molar-refractivity contribution in [2.45, 2.75) is 78.3 Å². The van der Waals surface area contributed by atoms with Gasteiger partial charge in [-0.1, -0.05) is 45.2 Å². The van der Waals surface area contributed by atoms with Crippen LogP contribution >= 0.6 is 11.3 Å². The zero-order valence-electron chi connectivity index (χ0n) is 22.0. The van der Waals surface area contributed by atoms with Crippen LogP contribution in [-0.2, 0) is 22.6 Å². The number of ether oxygens (including phenoxy) is 2. The first-order chi connectivity index (χ1) is 16.9. The normalized spacial score (nSPS) is 11.7. The molecule has 2 rings (SSSR count). The average Bonchev–Trinajstić information content (AvgIpc) is 3.39. The molecule has 0 fully saturated rings. The second kappa shape index (κ2) is 15.5. The fourth-order valence-corrected chi connectivity index (χ4v) is 4.70. The Kier molecular flexibility index (Phi) is 12.7. The van der Waals surface area contributed by atoms with Crippen molar-refractivity contribution in [1.82, 2.24) is 9.80 Å². The van der Waals surface area contributed by atoms with Crippen LogP contribution in [0.1, 0.15) is 69.7 Å². The van der Waals surface area contributed by atoms with Gasteiger partial charge >= 0.3 is 0 Å². The molecule has 0 saturated carbocycles. The fourth-order valence-electron chi connectivity index (χ4n) is 3.99. The summed E-state index contributed by atoms with van der Waals surface area (Å²) >= 11 is 1.64. The van der Waals surface area contributed by atoms with Crippen LogP contribution in [0.25, 0.3) is 0 Å². The number of carbonyl (C=O) groups is 2. The summed E-state index contributed by atoms with van der Waals surface area (Å²) in [7, 11) is 3.24. The lowest BCUT2D eigenvalue weighted by atomic mass is 10.1. The molecule has 0 bridgehead atoms. The Morgan fingerprint density at radius 2 is 1.77 bits per heavy atom. The quantitative estimate of drug-likeness (QED) is 0.267. The number of hydrogen-bond acceptors (Lipinski definition) is 5. The summed E-state index contributed by atoms with van der Waals surface area (Å²) in [6.45, 7) is 7.49.